The van der Waals surface area contributed by atoms with Crippen LogP contribution in [-0.2, 0) is 9.53 Å². The molecule has 2 N–H and O–H groups in total. The maximum atomic E-state index is 11.9. The van der Waals surface area contributed by atoms with Gasteiger partial charge in [-0.2, -0.15) is 0 Å². The highest BCUT2D eigenvalue weighted by Crippen LogP contribution is 2.21. The van der Waals surface area contributed by atoms with Crippen LogP contribution in [0.1, 0.15) is 6.92 Å². The van der Waals surface area contributed by atoms with Crippen molar-refractivity contribution < 1.29 is 14.3 Å². The zero-order valence-electron chi connectivity index (χ0n) is 12.5. The lowest BCUT2D eigenvalue weighted by molar-refractivity contribution is -0.148. The minimum absolute atomic E-state index is 0.0921. The molecule has 1 fully saturated rings. The molecule has 1 aliphatic heterocycles. The number of nitrogens with one attached hydrogen (secondary N) is 2. The van der Waals surface area contributed by atoms with Crippen molar-refractivity contribution in [2.75, 3.05) is 19.8 Å². The topological polar surface area (TPSA) is 59.6 Å². The van der Waals surface area contributed by atoms with Gasteiger partial charge in [-0.1, -0.05) is 30.3 Å². The van der Waals surface area contributed by atoms with Crippen LogP contribution in [0.2, 0.25) is 0 Å². The predicted octanol–water partition coefficient (Wildman–Crippen LogP) is 1.87. The molecule has 0 radical (unpaired) electrons. The molecule has 1 aliphatic rings. The Morgan fingerprint density at radius 1 is 1.23 bits per heavy atom. The molecule has 5 nitrogen and oxygen atoms in total. The Morgan fingerprint density at radius 3 is 2.86 bits per heavy atom. The molecule has 22 heavy (non-hydrogen) atoms. The summed E-state index contributed by atoms with van der Waals surface area (Å²) in [6.45, 7) is 3.18. The molecule has 3 rings (SSSR count). The van der Waals surface area contributed by atoms with Crippen LogP contribution in [0.25, 0.3) is 10.8 Å². The van der Waals surface area contributed by atoms with E-state index >= 15 is 0 Å². The molecule has 0 spiro atoms. The maximum Gasteiger partial charge on any atom is 0.312 e. The van der Waals surface area contributed by atoms with E-state index in [1.165, 1.54) is 5.39 Å². The average molecular weight is 300 g/mol. The summed E-state index contributed by atoms with van der Waals surface area (Å²) in [6, 6.07) is 14.0. The monoisotopic (exact) mass is 300 g/mol. The number of hydrogen-bond acceptors (Lipinski definition) is 5. The second kappa shape index (κ2) is 6.77. The van der Waals surface area contributed by atoms with Gasteiger partial charge in [0, 0.05) is 6.54 Å². The molecule has 5 heteroatoms. The highest BCUT2D eigenvalue weighted by molar-refractivity contribution is 5.83. The van der Waals surface area contributed by atoms with Crippen molar-refractivity contribution in [1.82, 2.24) is 10.9 Å². The zero-order valence-corrected chi connectivity index (χ0v) is 12.5. The average Bonchev–Trinajstić information content (AvgIpc) is 3.01. The van der Waals surface area contributed by atoms with Crippen molar-refractivity contribution in [3.63, 3.8) is 0 Å². The van der Waals surface area contributed by atoms with Crippen LogP contribution in [0.3, 0.4) is 0 Å². The summed E-state index contributed by atoms with van der Waals surface area (Å²) in [5, 5.41) is 2.32. The van der Waals surface area contributed by atoms with Gasteiger partial charge in [-0.15, -0.1) is 0 Å². The molecule has 0 bridgehead atoms. The summed E-state index contributed by atoms with van der Waals surface area (Å²) in [5.74, 6) is 0.391. The fraction of sp³-hybridized carbons (Fsp3) is 0.353. The molecular formula is C17H20N2O3. The first-order valence-electron chi connectivity index (χ1n) is 7.54. The molecule has 2 aromatic carbocycles. The number of hydrogen-bond donors (Lipinski definition) is 2. The highest BCUT2D eigenvalue weighted by Gasteiger charge is 2.34. The van der Waals surface area contributed by atoms with Crippen molar-refractivity contribution in [3.05, 3.63) is 42.5 Å². The predicted molar refractivity (Wildman–Crippen MR) is 84.5 cm³/mol. The second-order valence-corrected chi connectivity index (χ2v) is 5.31. The van der Waals surface area contributed by atoms with E-state index in [0.717, 1.165) is 11.1 Å². The number of fused-ring (bicyclic) bond motifs is 1. The van der Waals surface area contributed by atoms with Crippen molar-refractivity contribution in [3.8, 4) is 5.75 Å². The molecular weight excluding hydrogens is 280 g/mol. The summed E-state index contributed by atoms with van der Waals surface area (Å²) in [7, 11) is 0. The molecule has 0 aliphatic carbocycles. The maximum absolute atomic E-state index is 11.9. The Hall–Kier alpha value is -2.11. The van der Waals surface area contributed by atoms with Gasteiger partial charge in [0.15, 0.2) is 0 Å². The molecule has 2 atom stereocenters. The minimum atomic E-state index is -0.222. The van der Waals surface area contributed by atoms with Gasteiger partial charge in [-0.25, -0.2) is 0 Å². The molecule has 0 aromatic heterocycles. The van der Waals surface area contributed by atoms with Crippen LogP contribution < -0.4 is 15.6 Å². The van der Waals surface area contributed by atoms with Gasteiger partial charge in [0.1, 0.15) is 12.4 Å². The first kappa shape index (κ1) is 14.8. The number of rotatable bonds is 5. The number of hydrazine groups is 1. The first-order valence-corrected chi connectivity index (χ1v) is 7.54. The van der Waals surface area contributed by atoms with Gasteiger partial charge in [0.2, 0.25) is 0 Å². The quantitative estimate of drug-likeness (QED) is 0.826. The molecule has 1 heterocycles. The van der Waals surface area contributed by atoms with Crippen LogP contribution in [0.5, 0.6) is 5.75 Å². The van der Waals surface area contributed by atoms with E-state index in [2.05, 4.69) is 23.0 Å². The lowest BCUT2D eigenvalue weighted by atomic mass is 10.0. The normalized spacial score (nSPS) is 21.0. The Labute approximate surface area is 129 Å². The van der Waals surface area contributed by atoms with E-state index in [9.17, 15) is 4.79 Å². The second-order valence-electron chi connectivity index (χ2n) is 5.31. The molecule has 2 unspecified atom stereocenters. The van der Waals surface area contributed by atoms with Gasteiger partial charge < -0.3 is 9.47 Å². The molecule has 1 saturated heterocycles. The summed E-state index contributed by atoms with van der Waals surface area (Å²) >= 11 is 0. The third-order valence-electron chi connectivity index (χ3n) is 3.83. The Morgan fingerprint density at radius 2 is 2.05 bits per heavy atom. The van der Waals surface area contributed by atoms with E-state index in [1.54, 1.807) is 0 Å². The van der Waals surface area contributed by atoms with E-state index in [4.69, 9.17) is 9.47 Å². The van der Waals surface area contributed by atoms with Gasteiger partial charge in [-0.3, -0.25) is 15.6 Å². The van der Waals surface area contributed by atoms with Crippen molar-refractivity contribution in [2.24, 2.45) is 5.92 Å². The van der Waals surface area contributed by atoms with Gasteiger partial charge in [-0.05, 0) is 29.8 Å². The highest BCUT2D eigenvalue weighted by atomic mass is 16.5. The fourth-order valence-corrected chi connectivity index (χ4v) is 2.64. The lowest BCUT2D eigenvalue weighted by Gasteiger charge is -2.17. The summed E-state index contributed by atoms with van der Waals surface area (Å²) in [4.78, 5) is 11.9. The molecule has 0 saturated carbocycles. The van der Waals surface area contributed by atoms with E-state index in [1.807, 2.05) is 37.3 Å². The van der Waals surface area contributed by atoms with E-state index in [-0.39, 0.29) is 17.9 Å². The van der Waals surface area contributed by atoms with Gasteiger partial charge in [0.05, 0.1) is 18.6 Å². The molecule has 2 aromatic rings. The summed E-state index contributed by atoms with van der Waals surface area (Å²) in [5.41, 5.74) is 6.07. The summed E-state index contributed by atoms with van der Waals surface area (Å²) in [6.07, 6.45) is 0. The SMILES string of the molecule is CCOC(=O)C1CNNC1COc1ccc2ccccc2c1. The fourth-order valence-electron chi connectivity index (χ4n) is 2.64. The number of benzene rings is 2. The van der Waals surface area contributed by atoms with Crippen molar-refractivity contribution in [2.45, 2.75) is 13.0 Å². The molecule has 0 amide bonds. The smallest absolute Gasteiger partial charge is 0.312 e. The van der Waals surface area contributed by atoms with Crippen LogP contribution in [0.15, 0.2) is 42.5 Å². The van der Waals surface area contributed by atoms with Gasteiger partial charge in [0.25, 0.3) is 0 Å². The number of esters is 1. The van der Waals surface area contributed by atoms with E-state index < -0.39 is 0 Å². The third kappa shape index (κ3) is 3.21. The first-order chi connectivity index (χ1) is 10.8. The van der Waals surface area contributed by atoms with Crippen molar-refractivity contribution >= 4 is 16.7 Å². The number of carbonyl (C=O) groups excluding carboxylic acids is 1. The largest absolute Gasteiger partial charge is 0.492 e. The Kier molecular flexibility index (Phi) is 4.56. The number of carbonyl (C=O) groups is 1. The van der Waals surface area contributed by atoms with Crippen molar-refractivity contribution in [1.29, 1.82) is 0 Å². The standard InChI is InChI=1S/C17H20N2O3/c1-2-21-17(20)15-10-18-19-16(15)11-22-14-8-7-12-5-3-4-6-13(12)9-14/h3-9,15-16,18-19H,2,10-11H2,1H3. The third-order valence-corrected chi connectivity index (χ3v) is 3.83. The minimum Gasteiger partial charge on any atom is -0.492 e. The van der Waals surface area contributed by atoms with Gasteiger partial charge >= 0.3 is 5.97 Å². The van der Waals surface area contributed by atoms with E-state index in [0.29, 0.717) is 19.8 Å². The Bertz CT molecular complexity index is 659. The molecule has 116 valence electrons. The van der Waals surface area contributed by atoms with Crippen LogP contribution in [0.4, 0.5) is 0 Å². The Balaban J connectivity index is 1.64. The van der Waals surface area contributed by atoms with Crippen LogP contribution in [-0.4, -0.2) is 31.8 Å². The summed E-state index contributed by atoms with van der Waals surface area (Å²) < 4.78 is 10.9. The van der Waals surface area contributed by atoms with Crippen LogP contribution in [0, 0.1) is 5.92 Å². The van der Waals surface area contributed by atoms with Crippen LogP contribution >= 0.6 is 0 Å². The zero-order chi connectivity index (χ0) is 15.4. The number of ether oxygens (including phenoxy) is 2. The lowest BCUT2D eigenvalue weighted by Crippen LogP contribution is -2.39.